The van der Waals surface area contributed by atoms with Crippen LogP contribution in [0.1, 0.15) is 32.0 Å². The number of carbonyl (C=O) groups excluding carboxylic acids is 1. The first-order valence-corrected chi connectivity index (χ1v) is 9.71. The van der Waals surface area contributed by atoms with E-state index in [0.717, 1.165) is 18.5 Å². The Morgan fingerprint density at radius 3 is 2.52 bits per heavy atom. The van der Waals surface area contributed by atoms with Crippen molar-refractivity contribution in [3.05, 3.63) is 70.1 Å². The van der Waals surface area contributed by atoms with Gasteiger partial charge in [-0.2, -0.15) is 4.98 Å². The molecule has 4 rings (SSSR count). The molecule has 4 aromatic rings. The minimum atomic E-state index is -0.575. The molecule has 6 heteroatoms. The number of rotatable bonds is 4. The van der Waals surface area contributed by atoms with Crippen molar-refractivity contribution in [3.63, 3.8) is 0 Å². The Hall–Kier alpha value is -3.41. The lowest BCUT2D eigenvalue weighted by Crippen LogP contribution is -2.29. The Balaban J connectivity index is 1.54. The zero-order valence-electron chi connectivity index (χ0n) is 16.8. The third-order valence-electron chi connectivity index (χ3n) is 4.96. The van der Waals surface area contributed by atoms with E-state index in [9.17, 15) is 9.59 Å². The minimum absolute atomic E-state index is 0.158. The van der Waals surface area contributed by atoms with Crippen LogP contribution in [0.5, 0.6) is 0 Å². The number of nitrogens with zero attached hydrogens (tertiary/aromatic N) is 1. The number of fused-ring (bicyclic) bond motifs is 2. The standard InChI is InChI=1S/C23H24N4O2/c1-23(2,3)21(29)27-22-25-19-18(20(28)26-22)13-17(24-19)11-9-14-8-10-15-6-4-5-7-16(15)12-14/h4-8,10,12-13H,9,11H2,1-3H3,(H3,24,25,26,27,28,29). The van der Waals surface area contributed by atoms with E-state index >= 15 is 0 Å². The van der Waals surface area contributed by atoms with Gasteiger partial charge in [-0.25, -0.2) is 0 Å². The SMILES string of the molecule is CC(C)(C)C(=O)Nc1nc2[nH]c(CCc3ccc4ccccc4c3)cc2c(=O)[nH]1. The lowest BCUT2D eigenvalue weighted by molar-refractivity contribution is -0.123. The number of aromatic amines is 2. The fourth-order valence-electron chi connectivity index (χ4n) is 3.24. The third-order valence-corrected chi connectivity index (χ3v) is 4.96. The Labute approximate surface area is 168 Å². The van der Waals surface area contributed by atoms with Crippen molar-refractivity contribution in [3.8, 4) is 0 Å². The second-order valence-electron chi connectivity index (χ2n) is 8.36. The largest absolute Gasteiger partial charge is 0.343 e. The summed E-state index contributed by atoms with van der Waals surface area (Å²) in [7, 11) is 0. The Kier molecular flexibility index (Phi) is 4.70. The fourth-order valence-corrected chi connectivity index (χ4v) is 3.24. The molecular weight excluding hydrogens is 364 g/mol. The Bertz CT molecular complexity index is 1260. The number of carbonyl (C=O) groups is 1. The number of hydrogen-bond acceptors (Lipinski definition) is 3. The fraction of sp³-hybridized carbons (Fsp3) is 0.261. The lowest BCUT2D eigenvalue weighted by Gasteiger charge is -2.16. The predicted octanol–water partition coefficient (Wildman–Crippen LogP) is 4.17. The molecule has 3 N–H and O–H groups in total. The summed E-state index contributed by atoms with van der Waals surface area (Å²) in [4.78, 5) is 34.8. The molecule has 0 radical (unpaired) electrons. The molecule has 2 aromatic carbocycles. The third kappa shape index (κ3) is 4.06. The molecule has 0 saturated heterocycles. The number of amides is 1. The van der Waals surface area contributed by atoms with Crippen molar-refractivity contribution in [2.24, 2.45) is 5.41 Å². The number of benzene rings is 2. The van der Waals surface area contributed by atoms with E-state index in [1.807, 2.05) is 18.2 Å². The summed E-state index contributed by atoms with van der Waals surface area (Å²) in [5.41, 5.74) is 1.81. The first kappa shape index (κ1) is 18.9. The van der Waals surface area contributed by atoms with Crippen molar-refractivity contribution < 1.29 is 4.79 Å². The van der Waals surface area contributed by atoms with Gasteiger partial charge in [0.25, 0.3) is 5.56 Å². The topological polar surface area (TPSA) is 90.6 Å². The highest BCUT2D eigenvalue weighted by Gasteiger charge is 2.22. The van der Waals surface area contributed by atoms with Crippen molar-refractivity contribution in [2.75, 3.05) is 5.32 Å². The molecule has 148 valence electrons. The molecule has 0 unspecified atom stereocenters. The van der Waals surface area contributed by atoms with Crippen molar-refractivity contribution in [1.29, 1.82) is 0 Å². The van der Waals surface area contributed by atoms with Crippen LogP contribution in [0.25, 0.3) is 21.8 Å². The summed E-state index contributed by atoms with van der Waals surface area (Å²) in [6.45, 7) is 5.41. The molecule has 0 atom stereocenters. The molecule has 0 saturated carbocycles. The second-order valence-corrected chi connectivity index (χ2v) is 8.36. The number of hydrogen-bond donors (Lipinski definition) is 3. The van der Waals surface area contributed by atoms with Crippen LogP contribution in [0, 0.1) is 5.41 Å². The van der Waals surface area contributed by atoms with E-state index in [-0.39, 0.29) is 17.4 Å². The Morgan fingerprint density at radius 1 is 1.00 bits per heavy atom. The maximum Gasteiger partial charge on any atom is 0.261 e. The number of anilines is 1. The summed E-state index contributed by atoms with van der Waals surface area (Å²) < 4.78 is 0. The number of aryl methyl sites for hydroxylation is 2. The van der Waals surface area contributed by atoms with Gasteiger partial charge in [-0.1, -0.05) is 63.2 Å². The van der Waals surface area contributed by atoms with Gasteiger partial charge in [0.15, 0.2) is 0 Å². The van der Waals surface area contributed by atoms with Crippen LogP contribution in [-0.4, -0.2) is 20.9 Å². The summed E-state index contributed by atoms with van der Waals surface area (Å²) in [5, 5.41) is 5.61. The van der Waals surface area contributed by atoms with Crippen LogP contribution in [-0.2, 0) is 17.6 Å². The molecule has 0 spiro atoms. The minimum Gasteiger partial charge on any atom is -0.343 e. The van der Waals surface area contributed by atoms with E-state index in [4.69, 9.17) is 0 Å². The van der Waals surface area contributed by atoms with Gasteiger partial charge in [0, 0.05) is 11.1 Å². The average Bonchev–Trinajstić information content (AvgIpc) is 3.09. The second kappa shape index (κ2) is 7.20. The van der Waals surface area contributed by atoms with E-state index in [2.05, 4.69) is 50.6 Å². The van der Waals surface area contributed by atoms with E-state index in [1.165, 1.54) is 16.3 Å². The normalized spacial score (nSPS) is 11.8. The van der Waals surface area contributed by atoms with Gasteiger partial charge in [-0.15, -0.1) is 0 Å². The van der Waals surface area contributed by atoms with Crippen LogP contribution in [0.2, 0.25) is 0 Å². The smallest absolute Gasteiger partial charge is 0.261 e. The van der Waals surface area contributed by atoms with Crippen molar-refractivity contribution in [1.82, 2.24) is 15.0 Å². The molecule has 0 fully saturated rings. The van der Waals surface area contributed by atoms with Gasteiger partial charge in [0.1, 0.15) is 5.65 Å². The maximum atomic E-state index is 12.4. The summed E-state index contributed by atoms with van der Waals surface area (Å²) in [5.74, 6) is -0.0477. The summed E-state index contributed by atoms with van der Waals surface area (Å²) >= 11 is 0. The van der Waals surface area contributed by atoms with Crippen molar-refractivity contribution in [2.45, 2.75) is 33.6 Å². The summed E-state index contributed by atoms with van der Waals surface area (Å²) in [6, 6.07) is 16.6. The van der Waals surface area contributed by atoms with Gasteiger partial charge >= 0.3 is 0 Å². The van der Waals surface area contributed by atoms with Crippen LogP contribution in [0.15, 0.2) is 53.3 Å². The first-order chi connectivity index (χ1) is 13.8. The zero-order valence-corrected chi connectivity index (χ0v) is 16.8. The van der Waals surface area contributed by atoms with Gasteiger partial charge in [0.05, 0.1) is 5.39 Å². The molecular formula is C23H24N4O2. The molecule has 6 nitrogen and oxygen atoms in total. The van der Waals surface area contributed by atoms with Crippen LogP contribution < -0.4 is 10.9 Å². The van der Waals surface area contributed by atoms with Gasteiger partial charge < -0.3 is 4.98 Å². The maximum absolute atomic E-state index is 12.4. The number of H-pyrrole nitrogens is 2. The molecule has 1 amide bonds. The van der Waals surface area contributed by atoms with Gasteiger partial charge in [0.2, 0.25) is 11.9 Å². The van der Waals surface area contributed by atoms with Gasteiger partial charge in [-0.3, -0.25) is 19.9 Å². The molecule has 0 aliphatic rings. The quantitative estimate of drug-likeness (QED) is 0.490. The van der Waals surface area contributed by atoms with E-state index in [1.54, 1.807) is 20.8 Å². The molecule has 0 aliphatic carbocycles. The zero-order chi connectivity index (χ0) is 20.6. The first-order valence-electron chi connectivity index (χ1n) is 9.71. The predicted molar refractivity (Wildman–Crippen MR) is 116 cm³/mol. The molecule has 0 bridgehead atoms. The highest BCUT2D eigenvalue weighted by molar-refractivity contribution is 5.93. The van der Waals surface area contributed by atoms with Crippen LogP contribution in [0.3, 0.4) is 0 Å². The average molecular weight is 388 g/mol. The summed E-state index contributed by atoms with van der Waals surface area (Å²) in [6.07, 6.45) is 1.61. The Morgan fingerprint density at radius 2 is 1.76 bits per heavy atom. The van der Waals surface area contributed by atoms with Gasteiger partial charge in [-0.05, 0) is 35.2 Å². The lowest BCUT2D eigenvalue weighted by atomic mass is 9.96. The monoisotopic (exact) mass is 388 g/mol. The van der Waals surface area contributed by atoms with Crippen LogP contribution >= 0.6 is 0 Å². The molecule has 2 aromatic heterocycles. The molecule has 29 heavy (non-hydrogen) atoms. The van der Waals surface area contributed by atoms with E-state index in [0.29, 0.717) is 11.0 Å². The number of nitrogens with one attached hydrogen (secondary N) is 3. The van der Waals surface area contributed by atoms with Crippen LogP contribution in [0.4, 0.5) is 5.95 Å². The highest BCUT2D eigenvalue weighted by Crippen LogP contribution is 2.19. The van der Waals surface area contributed by atoms with E-state index < -0.39 is 5.41 Å². The van der Waals surface area contributed by atoms with Crippen molar-refractivity contribution >= 4 is 33.7 Å². The molecule has 0 aliphatic heterocycles. The highest BCUT2D eigenvalue weighted by atomic mass is 16.2. The molecule has 2 heterocycles. The number of aromatic nitrogens is 3.